The first-order valence-corrected chi connectivity index (χ1v) is 7.05. The van der Waals surface area contributed by atoms with Crippen molar-refractivity contribution < 1.29 is 19.1 Å². The smallest absolute Gasteiger partial charge is 0.329 e. The number of ether oxygens (including phenoxy) is 1. The number of hydrogen-bond acceptors (Lipinski definition) is 4. The van der Waals surface area contributed by atoms with Crippen LogP contribution in [-0.4, -0.2) is 36.5 Å². The van der Waals surface area contributed by atoms with Gasteiger partial charge in [-0.25, -0.2) is 4.79 Å². The molecule has 1 unspecified atom stereocenters. The van der Waals surface area contributed by atoms with Crippen LogP contribution in [0.15, 0.2) is 30.3 Å². The molecule has 0 aromatic heterocycles. The molecule has 1 atom stereocenters. The normalized spacial score (nSPS) is 12.1. The third kappa shape index (κ3) is 6.88. The van der Waals surface area contributed by atoms with E-state index in [1.54, 1.807) is 20.8 Å². The summed E-state index contributed by atoms with van der Waals surface area (Å²) in [5.74, 6) is -0.949. The molecule has 0 fully saturated rings. The monoisotopic (exact) mass is 306 g/mol. The summed E-state index contributed by atoms with van der Waals surface area (Å²) in [6.45, 7) is 5.11. The fourth-order valence-corrected chi connectivity index (χ4v) is 1.80. The Bertz CT molecular complexity index is 509. The van der Waals surface area contributed by atoms with Gasteiger partial charge in [0.1, 0.15) is 11.6 Å². The Morgan fingerprint density at radius 1 is 1.23 bits per heavy atom. The molecular formula is C16H22N2O4. The molecule has 1 aromatic rings. The Hall–Kier alpha value is -2.37. The van der Waals surface area contributed by atoms with Crippen molar-refractivity contribution in [1.29, 1.82) is 0 Å². The lowest BCUT2D eigenvalue weighted by Gasteiger charge is -2.24. The van der Waals surface area contributed by atoms with Crippen LogP contribution in [0.25, 0.3) is 0 Å². The number of hydrogen-bond donors (Lipinski definition) is 2. The number of benzene rings is 1. The molecule has 1 rings (SSSR count). The predicted octanol–water partition coefficient (Wildman–Crippen LogP) is 0.802. The SMILES string of the molecule is CC(C)(C)OC(=O)C(Cc1ccccc1)NC(=O)CNC=O. The van der Waals surface area contributed by atoms with Gasteiger partial charge < -0.3 is 15.4 Å². The highest BCUT2D eigenvalue weighted by atomic mass is 16.6. The van der Waals surface area contributed by atoms with E-state index in [0.717, 1.165) is 5.56 Å². The quantitative estimate of drug-likeness (QED) is 0.576. The molecule has 6 heteroatoms. The molecule has 0 saturated carbocycles. The van der Waals surface area contributed by atoms with Gasteiger partial charge in [-0.1, -0.05) is 30.3 Å². The Kier molecular flexibility index (Phi) is 6.56. The first kappa shape index (κ1) is 17.7. The molecule has 22 heavy (non-hydrogen) atoms. The second kappa shape index (κ2) is 8.17. The molecule has 1 aromatic carbocycles. The molecule has 0 saturated heterocycles. The molecule has 0 aliphatic carbocycles. The molecule has 0 heterocycles. The zero-order chi connectivity index (χ0) is 16.6. The van der Waals surface area contributed by atoms with E-state index in [1.807, 2.05) is 30.3 Å². The number of amides is 2. The fourth-order valence-electron chi connectivity index (χ4n) is 1.80. The minimum absolute atomic E-state index is 0.183. The van der Waals surface area contributed by atoms with E-state index < -0.39 is 23.5 Å². The molecule has 2 N–H and O–H groups in total. The standard InChI is InChI=1S/C16H22N2O4/c1-16(2,3)22-15(21)13(18-14(20)10-17-11-19)9-12-7-5-4-6-8-12/h4-8,11,13H,9-10H2,1-3H3,(H,17,19)(H,18,20). The maximum Gasteiger partial charge on any atom is 0.329 e. The Labute approximate surface area is 130 Å². The van der Waals surface area contributed by atoms with Crippen molar-refractivity contribution in [2.75, 3.05) is 6.54 Å². The first-order chi connectivity index (χ1) is 10.3. The van der Waals surface area contributed by atoms with E-state index in [9.17, 15) is 14.4 Å². The van der Waals surface area contributed by atoms with Crippen molar-refractivity contribution in [2.24, 2.45) is 0 Å². The fraction of sp³-hybridized carbons (Fsp3) is 0.438. The highest BCUT2D eigenvalue weighted by Crippen LogP contribution is 2.11. The highest BCUT2D eigenvalue weighted by Gasteiger charge is 2.26. The molecule has 0 aliphatic heterocycles. The van der Waals surface area contributed by atoms with Gasteiger partial charge in [0, 0.05) is 6.42 Å². The van der Waals surface area contributed by atoms with Crippen LogP contribution in [0.1, 0.15) is 26.3 Å². The lowest BCUT2D eigenvalue weighted by Crippen LogP contribution is -2.47. The van der Waals surface area contributed by atoms with Crippen molar-refractivity contribution in [3.63, 3.8) is 0 Å². The van der Waals surface area contributed by atoms with E-state index in [2.05, 4.69) is 10.6 Å². The second-order valence-corrected chi connectivity index (χ2v) is 5.84. The van der Waals surface area contributed by atoms with Crippen molar-refractivity contribution in [2.45, 2.75) is 38.8 Å². The van der Waals surface area contributed by atoms with E-state index >= 15 is 0 Å². The van der Waals surface area contributed by atoms with Crippen molar-refractivity contribution in [1.82, 2.24) is 10.6 Å². The van der Waals surface area contributed by atoms with Crippen LogP contribution in [0.5, 0.6) is 0 Å². The third-order valence-corrected chi connectivity index (χ3v) is 2.66. The van der Waals surface area contributed by atoms with Crippen LogP contribution in [0, 0.1) is 0 Å². The van der Waals surface area contributed by atoms with Gasteiger partial charge in [0.25, 0.3) is 0 Å². The van der Waals surface area contributed by atoms with E-state index in [-0.39, 0.29) is 6.54 Å². The summed E-state index contributed by atoms with van der Waals surface area (Å²) in [5.41, 5.74) is 0.264. The van der Waals surface area contributed by atoms with Gasteiger partial charge in [0.05, 0.1) is 6.54 Å². The first-order valence-electron chi connectivity index (χ1n) is 7.05. The summed E-state index contributed by atoms with van der Waals surface area (Å²) >= 11 is 0. The zero-order valence-corrected chi connectivity index (χ0v) is 13.1. The molecule has 120 valence electrons. The van der Waals surface area contributed by atoms with E-state index in [1.165, 1.54) is 0 Å². The maximum atomic E-state index is 12.2. The Morgan fingerprint density at radius 2 is 1.86 bits per heavy atom. The van der Waals surface area contributed by atoms with E-state index in [0.29, 0.717) is 12.8 Å². The largest absolute Gasteiger partial charge is 0.458 e. The van der Waals surface area contributed by atoms with Crippen molar-refractivity contribution >= 4 is 18.3 Å². The van der Waals surface area contributed by atoms with Crippen LogP contribution in [0.4, 0.5) is 0 Å². The Balaban J connectivity index is 2.77. The number of carbonyl (C=O) groups excluding carboxylic acids is 3. The summed E-state index contributed by atoms with van der Waals surface area (Å²) in [6, 6.07) is 8.52. The van der Waals surface area contributed by atoms with Gasteiger partial charge in [-0.2, -0.15) is 0 Å². The molecule has 0 bridgehead atoms. The van der Waals surface area contributed by atoms with Crippen LogP contribution in [0.2, 0.25) is 0 Å². The third-order valence-electron chi connectivity index (χ3n) is 2.66. The van der Waals surface area contributed by atoms with Gasteiger partial charge in [0.15, 0.2) is 0 Å². The number of esters is 1. The minimum atomic E-state index is -0.803. The van der Waals surface area contributed by atoms with Gasteiger partial charge in [-0.3, -0.25) is 9.59 Å². The second-order valence-electron chi connectivity index (χ2n) is 5.84. The van der Waals surface area contributed by atoms with Gasteiger partial charge in [0.2, 0.25) is 12.3 Å². The molecular weight excluding hydrogens is 284 g/mol. The lowest BCUT2D eigenvalue weighted by atomic mass is 10.1. The average Bonchev–Trinajstić information content (AvgIpc) is 2.43. The minimum Gasteiger partial charge on any atom is -0.458 e. The van der Waals surface area contributed by atoms with Gasteiger partial charge in [-0.15, -0.1) is 0 Å². The predicted molar refractivity (Wildman–Crippen MR) is 82.0 cm³/mol. The van der Waals surface area contributed by atoms with Crippen LogP contribution >= 0.6 is 0 Å². The summed E-state index contributed by atoms with van der Waals surface area (Å²) < 4.78 is 5.33. The average molecular weight is 306 g/mol. The van der Waals surface area contributed by atoms with Crippen molar-refractivity contribution in [3.8, 4) is 0 Å². The molecule has 0 radical (unpaired) electrons. The van der Waals surface area contributed by atoms with Crippen molar-refractivity contribution in [3.05, 3.63) is 35.9 Å². The summed E-state index contributed by atoms with van der Waals surface area (Å²) in [6.07, 6.45) is 0.752. The topological polar surface area (TPSA) is 84.5 Å². The summed E-state index contributed by atoms with van der Waals surface area (Å²) in [7, 11) is 0. The number of nitrogens with one attached hydrogen (secondary N) is 2. The molecule has 0 aliphatic rings. The van der Waals surface area contributed by atoms with Crippen LogP contribution < -0.4 is 10.6 Å². The van der Waals surface area contributed by atoms with Crippen LogP contribution in [0.3, 0.4) is 0 Å². The highest BCUT2D eigenvalue weighted by molar-refractivity contribution is 5.86. The summed E-state index contributed by atoms with van der Waals surface area (Å²) in [4.78, 5) is 34.2. The molecule has 6 nitrogen and oxygen atoms in total. The molecule has 0 spiro atoms. The maximum absolute atomic E-state index is 12.2. The number of carbonyl (C=O) groups is 3. The lowest BCUT2D eigenvalue weighted by molar-refractivity contribution is -0.158. The van der Waals surface area contributed by atoms with Gasteiger partial charge in [-0.05, 0) is 26.3 Å². The summed E-state index contributed by atoms with van der Waals surface area (Å²) in [5, 5.41) is 4.85. The Morgan fingerprint density at radius 3 is 2.41 bits per heavy atom. The van der Waals surface area contributed by atoms with E-state index in [4.69, 9.17) is 4.74 Å². The zero-order valence-electron chi connectivity index (χ0n) is 13.1. The van der Waals surface area contributed by atoms with Gasteiger partial charge >= 0.3 is 5.97 Å². The number of rotatable bonds is 7. The van der Waals surface area contributed by atoms with Crippen LogP contribution in [-0.2, 0) is 25.5 Å². The molecule has 2 amide bonds.